The van der Waals surface area contributed by atoms with Gasteiger partial charge in [-0.3, -0.25) is 4.79 Å². The number of amides is 1. The van der Waals surface area contributed by atoms with Gasteiger partial charge < -0.3 is 19.7 Å². The summed E-state index contributed by atoms with van der Waals surface area (Å²) in [5, 5.41) is 12.5. The van der Waals surface area contributed by atoms with Gasteiger partial charge in [0.1, 0.15) is 23.1 Å². The summed E-state index contributed by atoms with van der Waals surface area (Å²) in [5.74, 6) is 0.872. The molecule has 0 aromatic heterocycles. The van der Waals surface area contributed by atoms with Crippen molar-refractivity contribution in [1.82, 2.24) is 4.90 Å². The number of carbonyl (C=O) groups is 1. The normalized spacial score (nSPS) is 10.9. The van der Waals surface area contributed by atoms with Crippen molar-refractivity contribution in [2.75, 3.05) is 19.5 Å². The highest BCUT2D eigenvalue weighted by molar-refractivity contribution is 5.97. The Morgan fingerprint density at radius 2 is 1.89 bits per heavy atom. The molecule has 0 saturated carbocycles. The first-order chi connectivity index (χ1) is 13.5. The van der Waals surface area contributed by atoms with E-state index in [0.717, 1.165) is 5.56 Å². The lowest BCUT2D eigenvalue weighted by Gasteiger charge is -2.26. The summed E-state index contributed by atoms with van der Waals surface area (Å²) in [7, 11) is 3.11. The fraction of sp³-hybridized carbons (Fsp3) is 0.273. The van der Waals surface area contributed by atoms with Gasteiger partial charge >= 0.3 is 0 Å². The molecule has 1 amide bonds. The molecule has 2 aromatic rings. The zero-order valence-electron chi connectivity index (χ0n) is 16.6. The van der Waals surface area contributed by atoms with Crippen molar-refractivity contribution in [3.8, 4) is 17.6 Å². The molecule has 2 aromatic carbocycles. The molecule has 0 aliphatic rings. The Bertz CT molecular complexity index is 870. The summed E-state index contributed by atoms with van der Waals surface area (Å²) in [6, 6.07) is 16.9. The van der Waals surface area contributed by atoms with E-state index < -0.39 is 0 Å². The van der Waals surface area contributed by atoms with Crippen LogP contribution in [0.5, 0.6) is 11.5 Å². The first-order valence-electron chi connectivity index (χ1n) is 8.93. The molecule has 0 bridgehead atoms. The molecule has 0 aliphatic heterocycles. The van der Waals surface area contributed by atoms with E-state index >= 15 is 0 Å². The van der Waals surface area contributed by atoms with Gasteiger partial charge in [0.05, 0.1) is 19.9 Å². The fourth-order valence-electron chi connectivity index (χ4n) is 2.64. The third kappa shape index (κ3) is 5.27. The van der Waals surface area contributed by atoms with E-state index in [0.29, 0.717) is 23.7 Å². The third-order valence-corrected chi connectivity index (χ3v) is 4.21. The first kappa shape index (κ1) is 20.8. The van der Waals surface area contributed by atoms with E-state index in [9.17, 15) is 10.1 Å². The lowest BCUT2D eigenvalue weighted by Crippen LogP contribution is -2.37. The predicted molar refractivity (Wildman–Crippen MR) is 109 cm³/mol. The number of rotatable bonds is 8. The number of nitrogens with one attached hydrogen (secondary N) is 1. The average molecular weight is 379 g/mol. The summed E-state index contributed by atoms with van der Waals surface area (Å²) < 4.78 is 10.5. The summed E-state index contributed by atoms with van der Waals surface area (Å²) >= 11 is 0. The standard InChI is InChI=1S/C22H25N3O3/c1-16(2)25(15-17-8-6-5-7-9-17)22(26)18(13-23)14-24-20-12-19(27-3)10-11-21(20)28-4/h5-12,14,16,24H,15H2,1-4H3/b18-14-. The maximum atomic E-state index is 13.0. The quantitative estimate of drug-likeness (QED) is 0.555. The maximum Gasteiger partial charge on any atom is 0.266 e. The van der Waals surface area contributed by atoms with Crippen LogP contribution in [0.3, 0.4) is 0 Å². The van der Waals surface area contributed by atoms with Crippen LogP contribution in [-0.2, 0) is 11.3 Å². The van der Waals surface area contributed by atoms with Crippen LogP contribution in [0.4, 0.5) is 5.69 Å². The average Bonchev–Trinajstić information content (AvgIpc) is 2.72. The van der Waals surface area contributed by atoms with Crippen molar-refractivity contribution >= 4 is 11.6 Å². The molecule has 0 radical (unpaired) electrons. The van der Waals surface area contributed by atoms with Gasteiger partial charge in [0.2, 0.25) is 0 Å². The molecule has 6 heteroatoms. The van der Waals surface area contributed by atoms with Crippen LogP contribution in [0.15, 0.2) is 60.3 Å². The summed E-state index contributed by atoms with van der Waals surface area (Å²) in [6.45, 7) is 4.28. The number of ether oxygens (including phenoxy) is 2. The van der Waals surface area contributed by atoms with Crippen LogP contribution in [0.2, 0.25) is 0 Å². The van der Waals surface area contributed by atoms with Gasteiger partial charge in [-0.2, -0.15) is 5.26 Å². The van der Waals surface area contributed by atoms with Gasteiger partial charge in [-0.1, -0.05) is 30.3 Å². The molecule has 0 unspecified atom stereocenters. The van der Waals surface area contributed by atoms with Gasteiger partial charge in [-0.05, 0) is 31.5 Å². The van der Waals surface area contributed by atoms with Gasteiger partial charge in [-0.15, -0.1) is 0 Å². The van der Waals surface area contributed by atoms with Crippen molar-refractivity contribution in [2.24, 2.45) is 0 Å². The second kappa shape index (κ2) is 10.0. The Labute approximate surface area is 166 Å². The summed E-state index contributed by atoms with van der Waals surface area (Å²) in [4.78, 5) is 14.6. The van der Waals surface area contributed by atoms with Gasteiger partial charge in [0.25, 0.3) is 5.91 Å². The number of nitriles is 1. The van der Waals surface area contributed by atoms with Gasteiger partial charge in [-0.25, -0.2) is 0 Å². The molecule has 0 fully saturated rings. The van der Waals surface area contributed by atoms with Crippen molar-refractivity contribution in [2.45, 2.75) is 26.4 Å². The van der Waals surface area contributed by atoms with Crippen LogP contribution in [0.25, 0.3) is 0 Å². The fourth-order valence-corrected chi connectivity index (χ4v) is 2.64. The predicted octanol–water partition coefficient (Wildman–Crippen LogP) is 3.96. The van der Waals surface area contributed by atoms with Crippen LogP contribution in [0.1, 0.15) is 19.4 Å². The topological polar surface area (TPSA) is 74.6 Å². The lowest BCUT2D eigenvalue weighted by atomic mass is 10.1. The molecular weight excluding hydrogens is 354 g/mol. The molecule has 0 heterocycles. The highest BCUT2D eigenvalue weighted by Crippen LogP contribution is 2.29. The Kier molecular flexibility index (Phi) is 7.46. The zero-order valence-corrected chi connectivity index (χ0v) is 16.6. The first-order valence-corrected chi connectivity index (χ1v) is 8.93. The summed E-state index contributed by atoms with van der Waals surface area (Å²) in [6.07, 6.45) is 1.40. The Morgan fingerprint density at radius 1 is 1.18 bits per heavy atom. The van der Waals surface area contributed by atoms with Crippen LogP contribution >= 0.6 is 0 Å². The molecule has 0 spiro atoms. The Morgan fingerprint density at radius 3 is 2.46 bits per heavy atom. The number of methoxy groups -OCH3 is 2. The highest BCUT2D eigenvalue weighted by atomic mass is 16.5. The lowest BCUT2D eigenvalue weighted by molar-refractivity contribution is -0.129. The molecule has 28 heavy (non-hydrogen) atoms. The van der Waals surface area contributed by atoms with E-state index in [2.05, 4.69) is 5.32 Å². The smallest absolute Gasteiger partial charge is 0.266 e. The number of benzene rings is 2. The Balaban J connectivity index is 2.25. The molecule has 1 N–H and O–H groups in total. The van der Waals surface area contributed by atoms with E-state index in [-0.39, 0.29) is 17.5 Å². The molecule has 0 saturated heterocycles. The number of hydrogen-bond acceptors (Lipinski definition) is 5. The molecule has 0 atom stereocenters. The van der Waals surface area contributed by atoms with Crippen LogP contribution in [0, 0.1) is 11.3 Å². The number of nitrogens with zero attached hydrogens (tertiary/aromatic N) is 2. The second-order valence-corrected chi connectivity index (χ2v) is 6.39. The van der Waals surface area contributed by atoms with Crippen molar-refractivity contribution in [3.63, 3.8) is 0 Å². The molecule has 6 nitrogen and oxygen atoms in total. The molecule has 2 rings (SSSR count). The minimum absolute atomic E-state index is 0.00880. The number of carbonyl (C=O) groups excluding carboxylic acids is 1. The Hall–Kier alpha value is -3.46. The van der Waals surface area contributed by atoms with E-state index in [1.54, 1.807) is 37.3 Å². The third-order valence-electron chi connectivity index (χ3n) is 4.21. The van der Waals surface area contributed by atoms with Gasteiger partial charge in [0.15, 0.2) is 0 Å². The monoisotopic (exact) mass is 379 g/mol. The van der Waals surface area contributed by atoms with Gasteiger partial charge in [0, 0.05) is 24.9 Å². The molecular formula is C22H25N3O3. The maximum absolute atomic E-state index is 13.0. The van der Waals surface area contributed by atoms with E-state index in [1.807, 2.05) is 50.2 Å². The largest absolute Gasteiger partial charge is 0.497 e. The van der Waals surface area contributed by atoms with E-state index in [1.165, 1.54) is 6.20 Å². The number of hydrogen-bond donors (Lipinski definition) is 1. The van der Waals surface area contributed by atoms with Crippen molar-refractivity contribution in [3.05, 3.63) is 65.9 Å². The van der Waals surface area contributed by atoms with Crippen molar-refractivity contribution in [1.29, 1.82) is 5.26 Å². The van der Waals surface area contributed by atoms with Crippen molar-refractivity contribution < 1.29 is 14.3 Å². The van der Waals surface area contributed by atoms with E-state index in [4.69, 9.17) is 9.47 Å². The minimum atomic E-state index is -0.337. The van der Waals surface area contributed by atoms with Crippen LogP contribution < -0.4 is 14.8 Å². The number of anilines is 1. The van der Waals surface area contributed by atoms with Crippen LogP contribution in [-0.4, -0.2) is 31.1 Å². The highest BCUT2D eigenvalue weighted by Gasteiger charge is 2.21. The minimum Gasteiger partial charge on any atom is -0.497 e. The second-order valence-electron chi connectivity index (χ2n) is 6.39. The molecule has 146 valence electrons. The molecule has 0 aliphatic carbocycles. The zero-order chi connectivity index (χ0) is 20.5. The summed E-state index contributed by atoms with van der Waals surface area (Å²) in [5.41, 5.74) is 1.61. The SMILES string of the molecule is COc1ccc(OC)c(N/C=C(/C#N)C(=O)N(Cc2ccccc2)C(C)C)c1.